The summed E-state index contributed by atoms with van der Waals surface area (Å²) in [4.78, 5) is 18.5. The van der Waals surface area contributed by atoms with Gasteiger partial charge in [0.05, 0.1) is 44.6 Å². The van der Waals surface area contributed by atoms with E-state index in [-0.39, 0.29) is 17.7 Å². The Kier molecular flexibility index (Phi) is 5.69. The largest absolute Gasteiger partial charge is 0.478 e. The Labute approximate surface area is 226 Å². The quantitative estimate of drug-likeness (QED) is 0.262. The van der Waals surface area contributed by atoms with Gasteiger partial charge in [0, 0.05) is 23.6 Å². The Morgan fingerprint density at radius 2 is 2.00 bits per heavy atom. The summed E-state index contributed by atoms with van der Waals surface area (Å²) in [6, 6.07) is 10.8. The monoisotopic (exact) mass is 555 g/mol. The van der Waals surface area contributed by atoms with Crippen molar-refractivity contribution in [3.63, 3.8) is 0 Å². The third kappa shape index (κ3) is 4.11. The van der Waals surface area contributed by atoms with Gasteiger partial charge in [0.15, 0.2) is 5.13 Å². The van der Waals surface area contributed by atoms with Gasteiger partial charge in [-0.25, -0.2) is 9.78 Å². The standard InChI is InChI=1S/C27H23Cl2N3O4S/c28-17-2-1-3-18(29)23(17)24-16(25(36-31-24)14-4-5-14)12-35-21-9-13-8-20(21)32(11-13)27-30-19-7-6-15(26(33)34)10-22(19)37-27/h1-3,6-7,10,13-14,20-21H,4-5,8-9,11-12H2,(H,33,34)/t13-,20+,21+/m0/s1. The van der Waals surface area contributed by atoms with Crippen LogP contribution in [0.5, 0.6) is 0 Å². The molecule has 10 heteroatoms. The maximum Gasteiger partial charge on any atom is 0.335 e. The van der Waals surface area contributed by atoms with Gasteiger partial charge >= 0.3 is 5.97 Å². The molecular weight excluding hydrogens is 533 g/mol. The molecular formula is C27H23Cl2N3O4S. The van der Waals surface area contributed by atoms with Gasteiger partial charge in [0.25, 0.3) is 0 Å². The first-order valence-corrected chi connectivity index (χ1v) is 14.0. The lowest BCUT2D eigenvalue weighted by atomic mass is 10.0. The van der Waals surface area contributed by atoms with E-state index in [1.54, 1.807) is 29.5 Å². The van der Waals surface area contributed by atoms with Crippen LogP contribution in [0.25, 0.3) is 21.5 Å². The SMILES string of the molecule is O=C(O)c1ccc2nc(N3C[C@H]4C[C@@H]3[C@H](OCc3c(-c5c(Cl)cccc5Cl)noc3C3CC3)C4)sc2c1. The lowest BCUT2D eigenvalue weighted by Crippen LogP contribution is -2.42. The number of anilines is 1. The van der Waals surface area contributed by atoms with Crippen LogP contribution < -0.4 is 4.90 Å². The maximum absolute atomic E-state index is 11.4. The molecule has 3 heterocycles. The molecule has 3 atom stereocenters. The lowest BCUT2D eigenvalue weighted by molar-refractivity contribution is 0.0256. The van der Waals surface area contributed by atoms with Gasteiger partial charge in [0.1, 0.15) is 11.5 Å². The summed E-state index contributed by atoms with van der Waals surface area (Å²) in [5, 5.41) is 15.7. The minimum Gasteiger partial charge on any atom is -0.478 e. The lowest BCUT2D eigenvalue weighted by Gasteiger charge is -2.33. The van der Waals surface area contributed by atoms with Crippen LogP contribution in [0.2, 0.25) is 10.0 Å². The van der Waals surface area contributed by atoms with E-state index in [1.165, 1.54) is 0 Å². The van der Waals surface area contributed by atoms with Crippen molar-refractivity contribution < 1.29 is 19.2 Å². The molecule has 2 aromatic heterocycles. The summed E-state index contributed by atoms with van der Waals surface area (Å²) in [7, 11) is 0. The average molecular weight is 556 g/mol. The molecule has 7 nitrogen and oxygen atoms in total. The number of carboxylic acid groups (broad SMARTS) is 1. The highest BCUT2D eigenvalue weighted by Crippen LogP contribution is 2.48. The molecule has 1 aliphatic heterocycles. The zero-order chi connectivity index (χ0) is 25.3. The van der Waals surface area contributed by atoms with Gasteiger partial charge in [-0.05, 0) is 61.9 Å². The Morgan fingerprint density at radius 3 is 2.73 bits per heavy atom. The van der Waals surface area contributed by atoms with Crippen LogP contribution in [-0.4, -0.2) is 39.9 Å². The number of ether oxygens (including phenoxy) is 1. The van der Waals surface area contributed by atoms with E-state index in [2.05, 4.69) is 10.1 Å². The fourth-order valence-corrected chi connectivity index (χ4v) is 7.42. The number of thiazole rings is 1. The first kappa shape index (κ1) is 23.5. The normalized spacial score (nSPS) is 22.9. The number of piperidine rings is 1. The first-order chi connectivity index (χ1) is 18.0. The molecule has 4 aromatic rings. The van der Waals surface area contributed by atoms with Gasteiger partial charge in [-0.1, -0.05) is 45.8 Å². The van der Waals surface area contributed by atoms with Crippen LogP contribution in [-0.2, 0) is 11.3 Å². The van der Waals surface area contributed by atoms with Crippen molar-refractivity contribution in [2.75, 3.05) is 11.4 Å². The molecule has 0 radical (unpaired) electrons. The molecule has 1 N–H and O–H groups in total. The first-order valence-electron chi connectivity index (χ1n) is 12.4. The number of benzene rings is 2. The Bertz CT molecular complexity index is 1510. The summed E-state index contributed by atoms with van der Waals surface area (Å²) >= 11 is 14.6. The van der Waals surface area contributed by atoms with Gasteiger partial charge < -0.3 is 19.3 Å². The molecule has 0 spiro atoms. The molecule has 2 saturated carbocycles. The minimum absolute atomic E-state index is 0.0527. The van der Waals surface area contributed by atoms with Gasteiger partial charge in [-0.3, -0.25) is 0 Å². The van der Waals surface area contributed by atoms with Crippen LogP contribution >= 0.6 is 34.5 Å². The maximum atomic E-state index is 11.4. The topological polar surface area (TPSA) is 88.7 Å². The van der Waals surface area contributed by atoms with Gasteiger partial charge in [-0.2, -0.15) is 0 Å². The Balaban J connectivity index is 1.14. The fourth-order valence-electron chi connectivity index (χ4n) is 5.77. The number of carboxylic acids is 1. The summed E-state index contributed by atoms with van der Waals surface area (Å²) in [6.45, 7) is 1.33. The third-order valence-corrected chi connectivity index (χ3v) is 9.39. The number of nitrogens with zero attached hydrogens (tertiary/aromatic N) is 3. The van der Waals surface area contributed by atoms with Crippen molar-refractivity contribution in [2.24, 2.45) is 5.92 Å². The summed E-state index contributed by atoms with van der Waals surface area (Å²) in [5.74, 6) is 0.865. The van der Waals surface area contributed by atoms with Crippen molar-refractivity contribution in [3.05, 3.63) is 63.3 Å². The number of rotatable bonds is 7. The minimum atomic E-state index is -0.928. The van der Waals surface area contributed by atoms with Crippen molar-refractivity contribution in [2.45, 2.75) is 50.4 Å². The molecule has 3 aliphatic rings. The van der Waals surface area contributed by atoms with Crippen molar-refractivity contribution >= 4 is 55.9 Å². The summed E-state index contributed by atoms with van der Waals surface area (Å²) in [5.41, 5.74) is 3.39. The third-order valence-electron chi connectivity index (χ3n) is 7.70. The van der Waals surface area contributed by atoms with Crippen molar-refractivity contribution in [3.8, 4) is 11.3 Å². The summed E-state index contributed by atoms with van der Waals surface area (Å²) < 4.78 is 13.3. The number of fused-ring (bicyclic) bond motifs is 3. The average Bonchev–Trinajstić information content (AvgIpc) is 3.22. The van der Waals surface area contributed by atoms with Crippen LogP contribution in [0.4, 0.5) is 5.13 Å². The van der Waals surface area contributed by atoms with Crippen LogP contribution in [0.1, 0.15) is 53.3 Å². The number of halogens is 2. The molecule has 2 aromatic carbocycles. The summed E-state index contributed by atoms with van der Waals surface area (Å²) in [6.07, 6.45) is 4.28. The number of carbonyl (C=O) groups is 1. The second-order valence-corrected chi connectivity index (χ2v) is 12.0. The second-order valence-electron chi connectivity index (χ2n) is 10.1. The van der Waals surface area contributed by atoms with E-state index in [1.807, 2.05) is 18.2 Å². The number of aromatic nitrogens is 2. The van der Waals surface area contributed by atoms with E-state index < -0.39 is 5.97 Å². The molecule has 190 valence electrons. The fraction of sp³-hybridized carbons (Fsp3) is 0.370. The van der Waals surface area contributed by atoms with E-state index >= 15 is 0 Å². The molecule has 2 bridgehead atoms. The Hall–Kier alpha value is -2.65. The Morgan fingerprint density at radius 1 is 1.19 bits per heavy atom. The van der Waals surface area contributed by atoms with E-state index in [0.717, 1.165) is 58.9 Å². The van der Waals surface area contributed by atoms with E-state index in [9.17, 15) is 9.90 Å². The van der Waals surface area contributed by atoms with Crippen molar-refractivity contribution in [1.82, 2.24) is 10.1 Å². The predicted octanol–water partition coefficient (Wildman–Crippen LogP) is 7.02. The smallest absolute Gasteiger partial charge is 0.335 e. The zero-order valence-electron chi connectivity index (χ0n) is 19.7. The highest BCUT2D eigenvalue weighted by atomic mass is 35.5. The highest BCUT2D eigenvalue weighted by molar-refractivity contribution is 7.22. The highest BCUT2D eigenvalue weighted by Gasteiger charge is 2.47. The molecule has 0 amide bonds. The van der Waals surface area contributed by atoms with Crippen molar-refractivity contribution in [1.29, 1.82) is 0 Å². The van der Waals surface area contributed by atoms with Crippen LogP contribution in [0.15, 0.2) is 40.9 Å². The molecule has 2 aliphatic carbocycles. The second kappa shape index (κ2) is 8.98. The predicted molar refractivity (Wildman–Crippen MR) is 143 cm³/mol. The molecule has 3 fully saturated rings. The molecule has 7 rings (SSSR count). The molecule has 0 unspecified atom stereocenters. The molecule has 1 saturated heterocycles. The van der Waals surface area contributed by atoms with Crippen LogP contribution in [0.3, 0.4) is 0 Å². The molecule has 37 heavy (non-hydrogen) atoms. The number of aromatic carboxylic acids is 1. The number of hydrogen-bond acceptors (Lipinski definition) is 7. The zero-order valence-corrected chi connectivity index (χ0v) is 22.0. The number of hydrogen-bond donors (Lipinski definition) is 1. The van der Waals surface area contributed by atoms with Crippen LogP contribution in [0, 0.1) is 5.92 Å². The van der Waals surface area contributed by atoms with E-state index in [4.69, 9.17) is 37.4 Å². The van der Waals surface area contributed by atoms with Gasteiger partial charge in [-0.15, -0.1) is 0 Å². The van der Waals surface area contributed by atoms with E-state index in [0.29, 0.717) is 39.7 Å². The van der Waals surface area contributed by atoms with Gasteiger partial charge in [0.2, 0.25) is 0 Å².